The van der Waals surface area contributed by atoms with Gasteiger partial charge >= 0.3 is 0 Å². The van der Waals surface area contributed by atoms with E-state index < -0.39 is 10.8 Å². The van der Waals surface area contributed by atoms with E-state index in [4.69, 9.17) is 0 Å². The van der Waals surface area contributed by atoms with Gasteiger partial charge in [-0.05, 0) is 172 Å². The number of hydrogen-bond donors (Lipinski definition) is 0. The van der Waals surface area contributed by atoms with Crippen LogP contribution >= 0.6 is 31.9 Å². The van der Waals surface area contributed by atoms with Gasteiger partial charge in [-0.25, -0.2) is 0 Å². The minimum atomic E-state index is -0.569. The number of rotatable bonds is 28. The Kier molecular flexibility index (Phi) is 21.2. The van der Waals surface area contributed by atoms with E-state index in [1.165, 1.54) is 129 Å². The Morgan fingerprint density at radius 3 is 1.18 bits per heavy atom. The molecular weight excluding hydrogens is 1390 g/mol. The monoisotopic (exact) mass is 1480 g/mol. The van der Waals surface area contributed by atoms with E-state index in [1.54, 1.807) is 12.1 Å². The normalized spacial score (nSPS) is 18.8. The minimum absolute atomic E-state index is 0.112. The van der Waals surface area contributed by atoms with Gasteiger partial charge in [0.25, 0.3) is 11.4 Å². The molecule has 4 heterocycles. The molecular formula is C90H96Br2N6O4+2. The zero-order chi connectivity index (χ0) is 71.5. The molecule has 0 saturated heterocycles. The maximum Gasteiger partial charge on any atom is 0.269 e. The van der Waals surface area contributed by atoms with Crippen LogP contribution in [0.1, 0.15) is 177 Å². The topological polar surface area (TPSA) is 98.8 Å². The van der Waals surface area contributed by atoms with Gasteiger partial charge in [-0.2, -0.15) is 9.15 Å². The van der Waals surface area contributed by atoms with Crippen LogP contribution in [0.3, 0.4) is 0 Å². The van der Waals surface area contributed by atoms with Crippen molar-refractivity contribution in [2.24, 2.45) is 0 Å². The first-order valence-electron chi connectivity index (χ1n) is 37.0. The number of benzene rings is 9. The zero-order valence-electron chi connectivity index (χ0n) is 60.6. The number of nitrogens with zero attached hydrogens (tertiary/aromatic N) is 6. The van der Waals surface area contributed by atoms with E-state index in [1.807, 2.05) is 24.3 Å². The largest absolute Gasteiger partial charge is 0.344 e. The Balaban J connectivity index is 0.877. The lowest BCUT2D eigenvalue weighted by atomic mass is 9.76. The van der Waals surface area contributed by atoms with Crippen molar-refractivity contribution in [3.8, 4) is 0 Å². The summed E-state index contributed by atoms with van der Waals surface area (Å²) in [6, 6.07) is 64.1. The maximum atomic E-state index is 12.5. The minimum Gasteiger partial charge on any atom is -0.344 e. The van der Waals surface area contributed by atoms with Crippen molar-refractivity contribution < 1.29 is 19.0 Å². The van der Waals surface area contributed by atoms with Crippen LogP contribution in [0.25, 0.3) is 21.5 Å². The van der Waals surface area contributed by atoms with Crippen molar-refractivity contribution >= 4 is 99.0 Å². The Bertz CT molecular complexity index is 4560. The number of anilines is 2. The molecule has 12 heteroatoms. The number of nitro benzene ring substituents is 2. The third kappa shape index (κ3) is 14.1. The van der Waals surface area contributed by atoms with Gasteiger partial charge in [0.15, 0.2) is 24.5 Å². The third-order valence-electron chi connectivity index (χ3n) is 22.5. The van der Waals surface area contributed by atoms with Crippen molar-refractivity contribution in [3.63, 3.8) is 0 Å². The first-order chi connectivity index (χ1) is 49.2. The van der Waals surface area contributed by atoms with E-state index >= 15 is 0 Å². The number of fused-ring (bicyclic) bond motifs is 8. The van der Waals surface area contributed by atoms with Gasteiger partial charge in [0, 0.05) is 126 Å². The van der Waals surface area contributed by atoms with Crippen molar-refractivity contribution in [3.05, 3.63) is 304 Å². The molecule has 9 aromatic rings. The molecule has 4 aliphatic rings. The summed E-state index contributed by atoms with van der Waals surface area (Å²) >= 11 is 7.34. The molecule has 0 aromatic heterocycles. The van der Waals surface area contributed by atoms with Gasteiger partial charge in [-0.1, -0.05) is 219 Å². The van der Waals surface area contributed by atoms with Gasteiger partial charge in [0.1, 0.15) is 0 Å². The number of allylic oxidation sites excluding steroid dienone is 8. The molecule has 2 unspecified atom stereocenters. The van der Waals surface area contributed by atoms with Crippen LogP contribution in [0.15, 0.2) is 239 Å². The molecule has 0 N–H and O–H groups in total. The summed E-state index contributed by atoms with van der Waals surface area (Å²) in [5.74, 6) is 0. The van der Waals surface area contributed by atoms with Gasteiger partial charge in [-0.15, -0.1) is 0 Å². The highest BCUT2D eigenvalue weighted by atomic mass is 79.9. The summed E-state index contributed by atoms with van der Waals surface area (Å²) in [7, 11) is 0. The second-order valence-electron chi connectivity index (χ2n) is 30.2. The summed E-state index contributed by atoms with van der Waals surface area (Å²) in [4.78, 5) is 29.5. The van der Waals surface area contributed by atoms with Crippen LogP contribution in [-0.4, -0.2) is 43.5 Å². The molecule has 522 valence electrons. The number of non-ortho nitro benzene ring substituents is 2. The lowest BCUT2D eigenvalue weighted by Crippen LogP contribution is -2.31. The molecule has 10 nitrogen and oxygen atoms in total. The van der Waals surface area contributed by atoms with E-state index in [9.17, 15) is 20.2 Å². The predicted octanol–water partition coefficient (Wildman–Crippen LogP) is 24.1. The molecule has 9 aromatic carbocycles. The zero-order valence-corrected chi connectivity index (χ0v) is 63.8. The Labute approximate surface area is 620 Å². The lowest BCUT2D eigenvalue weighted by molar-refractivity contribution is -0.455. The SMILES string of the molecule is CCCCCCCCN1/C(=C/C=C/C2=[N+](Cc3ccc(C[N+]4=C(/C=C/C=C5/N(CCCCCCCC)c6ccc([N+](=O)[O-])cc6C5(C)Cc5ccc(Br)cc5)C(C)(C)c5c4ccc4ccccc54)cc3)c3ccc4ccccc4c3C2(C)C)C(C)(Cc2ccc(Br)cc2)c2cc([N+](=O)[O-])ccc21. The maximum absolute atomic E-state index is 12.5. The summed E-state index contributed by atoms with van der Waals surface area (Å²) < 4.78 is 7.09. The number of unbranched alkanes of at least 4 members (excludes halogenated alkanes) is 10. The predicted molar refractivity (Wildman–Crippen MR) is 430 cm³/mol. The molecule has 0 saturated carbocycles. The molecule has 4 aliphatic heterocycles. The highest BCUT2D eigenvalue weighted by molar-refractivity contribution is 9.10. The van der Waals surface area contributed by atoms with E-state index in [0.29, 0.717) is 25.9 Å². The molecule has 2 atom stereocenters. The first-order valence-corrected chi connectivity index (χ1v) is 38.6. The molecule has 102 heavy (non-hydrogen) atoms. The average molecular weight is 1490 g/mol. The van der Waals surface area contributed by atoms with Gasteiger partial charge in [0.05, 0.1) is 20.7 Å². The second-order valence-corrected chi connectivity index (χ2v) is 32.1. The molecule has 0 fully saturated rings. The summed E-state index contributed by atoms with van der Waals surface area (Å²) in [6.07, 6.45) is 29.2. The quantitative estimate of drug-likeness (QED) is 0.0210. The molecule has 0 bridgehead atoms. The van der Waals surface area contributed by atoms with Gasteiger partial charge in [0.2, 0.25) is 11.4 Å². The van der Waals surface area contributed by atoms with Crippen LogP contribution in [0.2, 0.25) is 0 Å². The van der Waals surface area contributed by atoms with Crippen molar-refractivity contribution in [2.75, 3.05) is 22.9 Å². The Morgan fingerprint density at radius 1 is 0.431 bits per heavy atom. The van der Waals surface area contributed by atoms with Gasteiger partial charge in [-0.3, -0.25) is 20.2 Å². The fourth-order valence-electron chi connectivity index (χ4n) is 17.3. The van der Waals surface area contributed by atoms with E-state index in [0.717, 1.165) is 81.6 Å². The lowest BCUT2D eigenvalue weighted by Gasteiger charge is -2.30. The van der Waals surface area contributed by atoms with Crippen LogP contribution in [-0.2, 0) is 47.6 Å². The van der Waals surface area contributed by atoms with Crippen LogP contribution < -0.4 is 9.80 Å². The van der Waals surface area contributed by atoms with Crippen molar-refractivity contribution in [1.29, 1.82) is 0 Å². The number of nitro groups is 2. The Hall–Kier alpha value is -8.84. The smallest absolute Gasteiger partial charge is 0.269 e. The molecule has 0 amide bonds. The Morgan fingerprint density at radius 2 is 0.794 bits per heavy atom. The van der Waals surface area contributed by atoms with Crippen LogP contribution in [0, 0.1) is 20.2 Å². The first kappa shape index (κ1) is 71.6. The summed E-state index contributed by atoms with van der Waals surface area (Å²) in [5, 5.41) is 30.0. The molecule has 0 radical (unpaired) electrons. The third-order valence-corrected chi connectivity index (χ3v) is 23.6. The standard InChI is InChI=1S/C90H96Br2N6O4/c1-9-11-13-15-17-23-55-93-77-53-49-71(97(99)100)57-75(77)89(7,59-63-39-45-69(91)46-40-63)83(93)33-25-31-81-87(3,4)85-73-29-21-19-27-67(73)43-51-79(85)95(81)61-65-35-37-66(38-36-65)62-96-80-52-44-68-28-20-22-30-74(68)86(80)88(5,6)82(96)32-26-34-84-90(8,60-64-41-47-70(92)48-42-64)76-58-72(98(101)102)50-54-78(76)94(84)56-24-18-16-14-12-10-2/h19-22,25-54,57-58H,9-18,23-24,55-56,59-62H2,1-8H3/q+2. The van der Waals surface area contributed by atoms with Crippen molar-refractivity contribution in [2.45, 2.75) is 180 Å². The number of halogens is 2. The highest BCUT2D eigenvalue weighted by Crippen LogP contribution is 2.54. The molecule has 0 aliphatic carbocycles. The average Bonchev–Trinajstić information content (AvgIpc) is 1.28. The van der Waals surface area contributed by atoms with Crippen LogP contribution in [0.4, 0.5) is 34.1 Å². The van der Waals surface area contributed by atoms with E-state index in [2.05, 4.69) is 288 Å². The molecule has 13 rings (SSSR count). The molecule has 0 spiro atoms. The van der Waals surface area contributed by atoms with Gasteiger partial charge < -0.3 is 9.80 Å². The summed E-state index contributed by atoms with van der Waals surface area (Å²) in [5.41, 5.74) is 16.8. The fraction of sp³-hybridized carbons (Fsp3) is 0.333. The number of hydrogen-bond acceptors (Lipinski definition) is 6. The van der Waals surface area contributed by atoms with E-state index in [-0.39, 0.29) is 32.1 Å². The highest BCUT2D eigenvalue weighted by Gasteiger charge is 2.50. The summed E-state index contributed by atoms with van der Waals surface area (Å²) in [6.45, 7) is 21.5. The van der Waals surface area contributed by atoms with Crippen molar-refractivity contribution in [1.82, 2.24) is 0 Å². The second kappa shape index (κ2) is 30.2. The fourth-order valence-corrected chi connectivity index (χ4v) is 17.8. The van der Waals surface area contributed by atoms with Crippen LogP contribution in [0.5, 0.6) is 0 Å².